The summed E-state index contributed by atoms with van der Waals surface area (Å²) in [5.74, 6) is 0.703. The molecular formula is C10H10N4. The molecule has 0 bridgehead atoms. The van der Waals surface area contributed by atoms with E-state index in [4.69, 9.17) is 0 Å². The maximum atomic E-state index is 3.90. The Kier molecular flexibility index (Phi) is 2.27. The monoisotopic (exact) mass is 186 g/mol. The Balaban J connectivity index is 2.03. The average Bonchev–Trinajstić information content (AvgIpc) is 2.23. The van der Waals surface area contributed by atoms with Gasteiger partial charge in [0.05, 0.1) is 0 Å². The number of anilines is 1. The maximum absolute atomic E-state index is 3.90. The molecule has 0 amide bonds. The molecule has 1 aliphatic heterocycles. The largest absolute Gasteiger partial charge is 0.277 e. The van der Waals surface area contributed by atoms with Gasteiger partial charge in [-0.1, -0.05) is 6.58 Å². The summed E-state index contributed by atoms with van der Waals surface area (Å²) in [6.45, 7) is 3.80. The van der Waals surface area contributed by atoms with Crippen molar-refractivity contribution in [3.63, 3.8) is 0 Å². The second-order valence-corrected chi connectivity index (χ2v) is 2.83. The van der Waals surface area contributed by atoms with Gasteiger partial charge in [0, 0.05) is 18.6 Å². The van der Waals surface area contributed by atoms with Crippen molar-refractivity contribution in [1.82, 2.24) is 15.2 Å². The predicted octanol–water partition coefficient (Wildman–Crippen LogP) is 1.70. The van der Waals surface area contributed by atoms with Gasteiger partial charge in [-0.15, -0.1) is 5.10 Å². The Morgan fingerprint density at radius 2 is 2.07 bits per heavy atom. The third-order valence-corrected chi connectivity index (χ3v) is 1.71. The van der Waals surface area contributed by atoms with Crippen LogP contribution in [0, 0.1) is 0 Å². The number of allylic oxidation sites excluding steroid dienone is 3. The maximum Gasteiger partial charge on any atom is 0.167 e. The minimum atomic E-state index is 0.703. The van der Waals surface area contributed by atoms with E-state index in [1.165, 1.54) is 0 Å². The lowest BCUT2D eigenvalue weighted by atomic mass is 10.2. The van der Waals surface area contributed by atoms with Gasteiger partial charge >= 0.3 is 0 Å². The molecule has 1 aliphatic rings. The van der Waals surface area contributed by atoms with Crippen molar-refractivity contribution in [3.05, 3.63) is 55.0 Å². The standard InChI is InChI=1S/C10H10N4/c1-9-4-7-14(8-5-9)13-10-3-2-6-11-12-10/h2-8H,1H2,(H,12,13). The van der Waals surface area contributed by atoms with Crippen LogP contribution >= 0.6 is 0 Å². The van der Waals surface area contributed by atoms with Crippen LogP contribution in [0.15, 0.2) is 55.0 Å². The van der Waals surface area contributed by atoms with Crippen LogP contribution in [0.2, 0.25) is 0 Å². The normalized spacial score (nSPS) is 14.6. The highest BCUT2D eigenvalue weighted by Crippen LogP contribution is 2.08. The van der Waals surface area contributed by atoms with Gasteiger partial charge in [-0.3, -0.25) is 10.4 Å². The van der Waals surface area contributed by atoms with Crippen LogP contribution in [0.4, 0.5) is 5.82 Å². The van der Waals surface area contributed by atoms with Crippen molar-refractivity contribution in [1.29, 1.82) is 0 Å². The molecule has 0 aliphatic carbocycles. The van der Waals surface area contributed by atoms with Crippen molar-refractivity contribution in [2.24, 2.45) is 0 Å². The topological polar surface area (TPSA) is 41.0 Å². The fourth-order valence-electron chi connectivity index (χ4n) is 1.03. The first kappa shape index (κ1) is 8.50. The van der Waals surface area contributed by atoms with Gasteiger partial charge < -0.3 is 0 Å². The molecule has 70 valence electrons. The molecule has 0 aromatic carbocycles. The van der Waals surface area contributed by atoms with Gasteiger partial charge in [0.1, 0.15) is 0 Å². The molecule has 0 fully saturated rings. The summed E-state index contributed by atoms with van der Waals surface area (Å²) in [7, 11) is 0. The Morgan fingerprint density at radius 3 is 2.71 bits per heavy atom. The van der Waals surface area contributed by atoms with E-state index in [0.717, 1.165) is 5.57 Å². The zero-order valence-electron chi connectivity index (χ0n) is 7.59. The molecule has 2 rings (SSSR count). The second-order valence-electron chi connectivity index (χ2n) is 2.83. The molecule has 1 aromatic heterocycles. The molecule has 0 spiro atoms. The second kappa shape index (κ2) is 3.74. The molecule has 0 radical (unpaired) electrons. The van der Waals surface area contributed by atoms with E-state index in [2.05, 4.69) is 22.2 Å². The fraction of sp³-hybridized carbons (Fsp3) is 0. The molecule has 2 heterocycles. The molecule has 0 atom stereocenters. The minimum Gasteiger partial charge on any atom is -0.277 e. The Labute approximate surface area is 82.2 Å². The first-order valence-corrected chi connectivity index (χ1v) is 4.22. The number of aromatic nitrogens is 2. The molecule has 4 heteroatoms. The number of nitrogens with zero attached hydrogens (tertiary/aromatic N) is 3. The third-order valence-electron chi connectivity index (χ3n) is 1.71. The van der Waals surface area contributed by atoms with Crippen molar-refractivity contribution in [2.45, 2.75) is 0 Å². The zero-order valence-corrected chi connectivity index (χ0v) is 7.59. The van der Waals surface area contributed by atoms with Crippen LogP contribution in [-0.4, -0.2) is 15.2 Å². The highest BCUT2D eigenvalue weighted by Gasteiger charge is 1.99. The van der Waals surface area contributed by atoms with Crippen LogP contribution in [0.5, 0.6) is 0 Å². The molecule has 0 unspecified atom stereocenters. The average molecular weight is 186 g/mol. The van der Waals surface area contributed by atoms with Crippen LogP contribution < -0.4 is 5.43 Å². The summed E-state index contributed by atoms with van der Waals surface area (Å²) in [6.07, 6.45) is 9.19. The van der Waals surface area contributed by atoms with Crippen LogP contribution in [0.3, 0.4) is 0 Å². The number of hydrazine groups is 1. The molecule has 1 aromatic rings. The molecule has 14 heavy (non-hydrogen) atoms. The van der Waals surface area contributed by atoms with Crippen molar-refractivity contribution >= 4 is 5.82 Å². The SMILES string of the molecule is C=C1C=CN(Nc2cccnn2)C=C1. The molecule has 0 saturated heterocycles. The number of rotatable bonds is 2. The number of hydrogen-bond donors (Lipinski definition) is 1. The highest BCUT2D eigenvalue weighted by molar-refractivity contribution is 5.36. The quantitative estimate of drug-likeness (QED) is 0.763. The van der Waals surface area contributed by atoms with E-state index < -0.39 is 0 Å². The molecule has 0 saturated carbocycles. The first-order chi connectivity index (χ1) is 6.84. The van der Waals surface area contributed by atoms with E-state index in [1.54, 1.807) is 11.2 Å². The van der Waals surface area contributed by atoms with Gasteiger partial charge in [0.25, 0.3) is 0 Å². The van der Waals surface area contributed by atoms with Crippen LogP contribution in [0.25, 0.3) is 0 Å². The van der Waals surface area contributed by atoms with Crippen molar-refractivity contribution in [2.75, 3.05) is 5.43 Å². The lowest BCUT2D eigenvalue weighted by molar-refractivity contribution is 0.599. The van der Waals surface area contributed by atoms with Gasteiger partial charge in [0.15, 0.2) is 5.82 Å². The predicted molar refractivity (Wildman–Crippen MR) is 54.9 cm³/mol. The smallest absolute Gasteiger partial charge is 0.167 e. The van der Waals surface area contributed by atoms with Gasteiger partial charge in [-0.05, 0) is 29.9 Å². The Hall–Kier alpha value is -2.10. The third kappa shape index (κ3) is 1.98. The van der Waals surface area contributed by atoms with E-state index in [9.17, 15) is 0 Å². The lowest BCUT2D eigenvalue weighted by Gasteiger charge is -2.19. The van der Waals surface area contributed by atoms with E-state index in [0.29, 0.717) is 5.82 Å². The Morgan fingerprint density at radius 1 is 1.29 bits per heavy atom. The van der Waals surface area contributed by atoms with Crippen molar-refractivity contribution < 1.29 is 0 Å². The van der Waals surface area contributed by atoms with Crippen LogP contribution in [-0.2, 0) is 0 Å². The minimum absolute atomic E-state index is 0.703. The molecule has 1 N–H and O–H groups in total. The summed E-state index contributed by atoms with van der Waals surface area (Å²) >= 11 is 0. The summed E-state index contributed by atoms with van der Waals surface area (Å²) in [6, 6.07) is 3.67. The van der Waals surface area contributed by atoms with E-state index in [1.807, 2.05) is 36.7 Å². The van der Waals surface area contributed by atoms with E-state index in [-0.39, 0.29) is 0 Å². The number of hydrogen-bond acceptors (Lipinski definition) is 4. The lowest BCUT2D eigenvalue weighted by Crippen LogP contribution is -2.20. The highest BCUT2D eigenvalue weighted by atomic mass is 15.5. The molecule has 4 nitrogen and oxygen atoms in total. The van der Waals surface area contributed by atoms with Gasteiger partial charge in [-0.25, -0.2) is 0 Å². The van der Waals surface area contributed by atoms with Gasteiger partial charge in [0.2, 0.25) is 0 Å². The summed E-state index contributed by atoms with van der Waals surface area (Å²) in [5.41, 5.74) is 4.02. The molecular weight excluding hydrogens is 176 g/mol. The zero-order chi connectivity index (χ0) is 9.80. The van der Waals surface area contributed by atoms with Crippen LogP contribution in [0.1, 0.15) is 0 Å². The number of nitrogens with one attached hydrogen (secondary N) is 1. The van der Waals surface area contributed by atoms with E-state index >= 15 is 0 Å². The summed E-state index contributed by atoms with van der Waals surface area (Å²) in [5, 5.41) is 9.45. The van der Waals surface area contributed by atoms with Crippen molar-refractivity contribution in [3.8, 4) is 0 Å². The Bertz CT molecular complexity index is 364. The van der Waals surface area contributed by atoms with Gasteiger partial charge in [-0.2, -0.15) is 5.10 Å². The summed E-state index contributed by atoms with van der Waals surface area (Å²) < 4.78 is 0. The first-order valence-electron chi connectivity index (χ1n) is 4.22. The fourth-order valence-corrected chi connectivity index (χ4v) is 1.03. The summed E-state index contributed by atoms with van der Waals surface area (Å²) in [4.78, 5) is 0.